The van der Waals surface area contributed by atoms with E-state index in [2.05, 4.69) is 0 Å². The molecule has 1 aliphatic carbocycles. The highest BCUT2D eigenvalue weighted by molar-refractivity contribution is 5.70. The van der Waals surface area contributed by atoms with Crippen LogP contribution in [0.1, 0.15) is 19.3 Å². The molecule has 10 heavy (non-hydrogen) atoms. The summed E-state index contributed by atoms with van der Waals surface area (Å²) < 4.78 is 5.19. The maximum atomic E-state index is 10.5. The Hall–Kier alpha value is -0.570. The molecule has 1 N–H and O–H groups in total. The molecule has 3 nitrogen and oxygen atoms in total. The quantitative estimate of drug-likeness (QED) is 0.546. The van der Waals surface area contributed by atoms with Crippen LogP contribution in [0.3, 0.4) is 0 Å². The van der Waals surface area contributed by atoms with Gasteiger partial charge in [0.2, 0.25) is 0 Å². The van der Waals surface area contributed by atoms with Gasteiger partial charge in [0.25, 0.3) is 0 Å². The lowest BCUT2D eigenvalue weighted by Gasteiger charge is -2.12. The monoisotopic (exact) mass is 142 g/mol. The first-order valence-electron chi connectivity index (χ1n) is 3.65. The minimum Gasteiger partial charge on any atom is -0.481 e. The first kappa shape index (κ1) is 6.16. The number of hydrogen-bond donors (Lipinski definition) is 1. The summed E-state index contributed by atoms with van der Waals surface area (Å²) >= 11 is 0. The lowest BCUT2D eigenvalue weighted by Crippen LogP contribution is -2.21. The van der Waals surface area contributed by atoms with Crippen LogP contribution in [0.2, 0.25) is 0 Å². The van der Waals surface area contributed by atoms with Crippen LogP contribution in [0.25, 0.3) is 0 Å². The van der Waals surface area contributed by atoms with E-state index in [1.54, 1.807) is 0 Å². The second-order valence-corrected chi connectivity index (χ2v) is 3.06. The second kappa shape index (κ2) is 1.95. The van der Waals surface area contributed by atoms with Crippen molar-refractivity contribution in [2.24, 2.45) is 5.92 Å². The van der Waals surface area contributed by atoms with E-state index < -0.39 is 5.97 Å². The summed E-state index contributed by atoms with van der Waals surface area (Å²) in [6.07, 6.45) is 3.18. The molecule has 1 heterocycles. The van der Waals surface area contributed by atoms with Gasteiger partial charge in [-0.3, -0.25) is 4.79 Å². The van der Waals surface area contributed by atoms with E-state index in [9.17, 15) is 4.79 Å². The van der Waals surface area contributed by atoms with Gasteiger partial charge in [0.05, 0.1) is 18.1 Å². The average Bonchev–Trinajstić information content (AvgIpc) is 2.63. The lowest BCUT2D eigenvalue weighted by atomic mass is 9.90. The summed E-state index contributed by atoms with van der Waals surface area (Å²) in [5, 5.41) is 8.62. The molecule has 1 unspecified atom stereocenters. The van der Waals surface area contributed by atoms with Crippen molar-refractivity contribution in [2.75, 3.05) is 0 Å². The molecule has 2 aliphatic rings. The number of epoxide rings is 1. The van der Waals surface area contributed by atoms with Crippen molar-refractivity contribution >= 4 is 5.97 Å². The van der Waals surface area contributed by atoms with Crippen molar-refractivity contribution in [3.8, 4) is 0 Å². The van der Waals surface area contributed by atoms with Gasteiger partial charge in [-0.05, 0) is 19.3 Å². The van der Waals surface area contributed by atoms with Gasteiger partial charge in [-0.2, -0.15) is 0 Å². The highest BCUT2D eigenvalue weighted by atomic mass is 16.6. The maximum absolute atomic E-state index is 10.5. The molecule has 56 valence electrons. The van der Waals surface area contributed by atoms with Crippen molar-refractivity contribution in [3.63, 3.8) is 0 Å². The fraction of sp³-hybridized carbons (Fsp3) is 0.857. The minimum absolute atomic E-state index is 0.135. The number of hydrogen-bond acceptors (Lipinski definition) is 2. The summed E-state index contributed by atoms with van der Waals surface area (Å²) in [4.78, 5) is 10.5. The number of carboxylic acid groups (broad SMARTS) is 1. The maximum Gasteiger partial charge on any atom is 0.306 e. The van der Waals surface area contributed by atoms with E-state index in [1.165, 1.54) is 0 Å². The minimum atomic E-state index is -0.658. The zero-order valence-electron chi connectivity index (χ0n) is 5.62. The fourth-order valence-corrected chi connectivity index (χ4v) is 1.63. The molecule has 0 radical (unpaired) electrons. The van der Waals surface area contributed by atoms with Gasteiger partial charge in [-0.25, -0.2) is 0 Å². The molecule has 0 aromatic heterocycles. The van der Waals surface area contributed by atoms with E-state index in [-0.39, 0.29) is 12.0 Å². The van der Waals surface area contributed by atoms with Crippen LogP contribution >= 0.6 is 0 Å². The molecule has 0 bridgehead atoms. The van der Waals surface area contributed by atoms with E-state index in [0.717, 1.165) is 19.3 Å². The van der Waals surface area contributed by atoms with E-state index in [4.69, 9.17) is 9.84 Å². The smallest absolute Gasteiger partial charge is 0.306 e. The topological polar surface area (TPSA) is 49.8 Å². The molecule has 3 heteroatoms. The third-order valence-corrected chi connectivity index (χ3v) is 2.35. The first-order valence-corrected chi connectivity index (χ1v) is 3.65. The van der Waals surface area contributed by atoms with Gasteiger partial charge >= 0.3 is 5.97 Å². The third kappa shape index (κ3) is 0.904. The van der Waals surface area contributed by atoms with Crippen molar-refractivity contribution in [3.05, 3.63) is 0 Å². The van der Waals surface area contributed by atoms with E-state index >= 15 is 0 Å². The molecule has 1 aliphatic heterocycles. The van der Waals surface area contributed by atoms with Crippen LogP contribution in [0.4, 0.5) is 0 Å². The molecule has 2 fully saturated rings. The fourth-order valence-electron chi connectivity index (χ4n) is 1.63. The van der Waals surface area contributed by atoms with Gasteiger partial charge in [-0.15, -0.1) is 0 Å². The Morgan fingerprint density at radius 3 is 2.80 bits per heavy atom. The number of aliphatic carboxylic acids is 1. The molecule has 0 aromatic rings. The largest absolute Gasteiger partial charge is 0.481 e. The molecule has 1 saturated carbocycles. The first-order chi connectivity index (χ1) is 4.77. The lowest BCUT2D eigenvalue weighted by molar-refractivity contribution is -0.142. The Morgan fingerprint density at radius 2 is 2.20 bits per heavy atom. The van der Waals surface area contributed by atoms with Gasteiger partial charge < -0.3 is 9.84 Å². The van der Waals surface area contributed by atoms with Crippen molar-refractivity contribution in [1.29, 1.82) is 0 Å². The van der Waals surface area contributed by atoms with Crippen molar-refractivity contribution < 1.29 is 14.6 Å². The van der Waals surface area contributed by atoms with Gasteiger partial charge in [0.15, 0.2) is 0 Å². The Kier molecular flexibility index (Phi) is 1.20. The van der Waals surface area contributed by atoms with Crippen LogP contribution in [-0.2, 0) is 9.53 Å². The van der Waals surface area contributed by atoms with Crippen molar-refractivity contribution in [1.82, 2.24) is 0 Å². The van der Waals surface area contributed by atoms with Gasteiger partial charge in [-0.1, -0.05) is 0 Å². The average molecular weight is 142 g/mol. The predicted molar refractivity (Wildman–Crippen MR) is 33.6 cm³/mol. The number of ether oxygens (including phenoxy) is 1. The van der Waals surface area contributed by atoms with Crippen LogP contribution in [0.5, 0.6) is 0 Å². The summed E-state index contributed by atoms with van der Waals surface area (Å²) in [5.74, 6) is -0.794. The second-order valence-electron chi connectivity index (χ2n) is 3.06. The summed E-state index contributed by atoms with van der Waals surface area (Å²) in [5.41, 5.74) is 0. The molecule has 0 spiro atoms. The highest BCUT2D eigenvalue weighted by Crippen LogP contribution is 2.39. The Labute approximate surface area is 59.0 Å². The van der Waals surface area contributed by atoms with E-state index in [0.29, 0.717) is 6.10 Å². The molecular weight excluding hydrogens is 132 g/mol. The zero-order valence-corrected chi connectivity index (χ0v) is 5.62. The highest BCUT2D eigenvalue weighted by Gasteiger charge is 2.45. The van der Waals surface area contributed by atoms with Gasteiger partial charge in [0.1, 0.15) is 0 Å². The molecule has 1 saturated heterocycles. The molecule has 2 rings (SSSR count). The number of carboxylic acids is 1. The Balaban J connectivity index is 1.94. The SMILES string of the molecule is O=C(O)C1CC[C@@H]2O[C@H]2C1. The Morgan fingerprint density at radius 1 is 1.40 bits per heavy atom. The summed E-state index contributed by atoms with van der Waals surface area (Å²) in [6.45, 7) is 0. The van der Waals surface area contributed by atoms with Gasteiger partial charge in [0, 0.05) is 0 Å². The number of rotatable bonds is 1. The van der Waals surface area contributed by atoms with Crippen LogP contribution in [0, 0.1) is 5.92 Å². The standard InChI is InChI=1S/C7H10O3/c8-7(9)4-1-2-5-6(3-4)10-5/h4-6H,1-3H2,(H,8,9)/t4?,5-,6-/m0/s1. The number of carbonyl (C=O) groups is 1. The molecule has 0 aromatic carbocycles. The van der Waals surface area contributed by atoms with E-state index in [1.807, 2.05) is 0 Å². The van der Waals surface area contributed by atoms with Crippen molar-refractivity contribution in [2.45, 2.75) is 31.5 Å². The van der Waals surface area contributed by atoms with Crippen LogP contribution in [-0.4, -0.2) is 23.3 Å². The summed E-state index contributed by atoms with van der Waals surface area (Å²) in [6, 6.07) is 0. The zero-order chi connectivity index (χ0) is 7.14. The number of fused-ring (bicyclic) bond motifs is 1. The Bertz CT molecular complexity index is 166. The summed E-state index contributed by atoms with van der Waals surface area (Å²) in [7, 11) is 0. The third-order valence-electron chi connectivity index (χ3n) is 2.35. The predicted octanol–water partition coefficient (Wildman–Crippen LogP) is 0.638. The molecule has 3 atom stereocenters. The molecule has 0 amide bonds. The molecular formula is C7H10O3. The van der Waals surface area contributed by atoms with Crippen LogP contribution in [0.15, 0.2) is 0 Å². The van der Waals surface area contributed by atoms with Crippen LogP contribution < -0.4 is 0 Å². The normalized spacial score (nSPS) is 44.2.